The van der Waals surface area contributed by atoms with Crippen molar-refractivity contribution < 1.29 is 9.47 Å². The second-order valence-corrected chi connectivity index (χ2v) is 8.64. The Morgan fingerprint density at radius 1 is 1.09 bits per heavy atom. The Morgan fingerprint density at radius 3 is 2.50 bits per heavy atom. The van der Waals surface area contributed by atoms with Gasteiger partial charge < -0.3 is 0 Å². The zero-order chi connectivity index (χ0) is 15.2. The summed E-state index contributed by atoms with van der Waals surface area (Å²) >= 11 is 0.421. The zero-order valence-electron chi connectivity index (χ0n) is 12.9. The summed E-state index contributed by atoms with van der Waals surface area (Å²) in [5, 5.41) is 0. The van der Waals surface area contributed by atoms with E-state index in [9.17, 15) is 0 Å². The van der Waals surface area contributed by atoms with Gasteiger partial charge in [-0.1, -0.05) is 0 Å². The van der Waals surface area contributed by atoms with Crippen LogP contribution in [0.2, 0.25) is 4.82 Å². The van der Waals surface area contributed by atoms with Crippen molar-refractivity contribution >= 4 is 19.4 Å². The van der Waals surface area contributed by atoms with Crippen molar-refractivity contribution in [2.75, 3.05) is 6.61 Å². The molecule has 1 aliphatic heterocycles. The monoisotopic (exact) mass is 362 g/mol. The van der Waals surface area contributed by atoms with Crippen LogP contribution in [0.25, 0.3) is 0 Å². The molecule has 1 heterocycles. The van der Waals surface area contributed by atoms with Crippen LogP contribution in [0, 0.1) is 0 Å². The summed E-state index contributed by atoms with van der Waals surface area (Å²) in [6.07, 6.45) is 1.46. The summed E-state index contributed by atoms with van der Waals surface area (Å²) in [6.45, 7) is 3.79. The number of rotatable bonds is 6. The number of hydrogen-bond donors (Lipinski definition) is 0. The van der Waals surface area contributed by atoms with E-state index in [4.69, 9.17) is 9.47 Å². The molecule has 0 aromatic heterocycles. The van der Waals surface area contributed by atoms with E-state index in [1.807, 2.05) is 6.07 Å². The molecule has 0 amide bonds. The summed E-state index contributed by atoms with van der Waals surface area (Å²) < 4.78 is 13.6. The number of hydrogen-bond acceptors (Lipinski definition) is 2. The Labute approximate surface area is 139 Å². The molecule has 0 radical (unpaired) electrons. The van der Waals surface area contributed by atoms with Gasteiger partial charge in [0.1, 0.15) is 0 Å². The molecule has 3 heteroatoms. The van der Waals surface area contributed by atoms with Gasteiger partial charge in [0.05, 0.1) is 0 Å². The van der Waals surface area contributed by atoms with Gasteiger partial charge in [0, 0.05) is 0 Å². The third kappa shape index (κ3) is 4.21. The van der Waals surface area contributed by atoms with Crippen LogP contribution >= 0.6 is 0 Å². The van der Waals surface area contributed by atoms with Crippen molar-refractivity contribution in [2.45, 2.75) is 37.0 Å². The van der Waals surface area contributed by atoms with E-state index in [2.05, 4.69) is 61.5 Å². The van der Waals surface area contributed by atoms with Crippen LogP contribution in [-0.2, 0) is 16.1 Å². The van der Waals surface area contributed by atoms with Crippen LogP contribution in [0.3, 0.4) is 0 Å². The quantitative estimate of drug-likeness (QED) is 0.736. The van der Waals surface area contributed by atoms with Gasteiger partial charge >= 0.3 is 139 Å². The van der Waals surface area contributed by atoms with Crippen LogP contribution in [-0.4, -0.2) is 33.8 Å². The SMILES string of the molecule is CC([Se]c1ccccc1)[C@@H]1OCC[C@@H]1OCc1ccccc1. The molecule has 1 saturated heterocycles. The molecule has 22 heavy (non-hydrogen) atoms. The summed E-state index contributed by atoms with van der Waals surface area (Å²) in [5.41, 5.74) is 1.23. The van der Waals surface area contributed by atoms with Crippen LogP contribution in [0.4, 0.5) is 0 Å². The third-order valence-electron chi connectivity index (χ3n) is 3.91. The molecule has 0 bridgehead atoms. The van der Waals surface area contributed by atoms with Gasteiger partial charge in [0.2, 0.25) is 0 Å². The minimum atomic E-state index is 0.223. The Hall–Kier alpha value is -1.12. The molecule has 3 atom stereocenters. The Balaban J connectivity index is 1.55. The molecule has 2 nitrogen and oxygen atoms in total. The van der Waals surface area contributed by atoms with Crippen molar-refractivity contribution in [3.05, 3.63) is 66.2 Å². The van der Waals surface area contributed by atoms with E-state index in [-0.39, 0.29) is 12.2 Å². The van der Waals surface area contributed by atoms with E-state index in [1.165, 1.54) is 10.0 Å². The second kappa shape index (κ2) is 7.94. The van der Waals surface area contributed by atoms with Crippen LogP contribution in [0.15, 0.2) is 60.7 Å². The van der Waals surface area contributed by atoms with Crippen LogP contribution in [0.5, 0.6) is 0 Å². The first-order valence-electron chi connectivity index (χ1n) is 7.82. The van der Waals surface area contributed by atoms with Gasteiger partial charge in [-0.2, -0.15) is 0 Å². The number of benzene rings is 2. The molecular weight excluding hydrogens is 339 g/mol. The van der Waals surface area contributed by atoms with Crippen molar-refractivity contribution in [2.24, 2.45) is 0 Å². The molecule has 0 saturated carbocycles. The molecule has 0 N–H and O–H groups in total. The standard InChI is InChI=1S/C19H22O2Se/c1-15(22-17-10-6-3-7-11-17)19-18(12-13-20-19)21-14-16-8-4-2-5-9-16/h2-11,15,18-19H,12-14H2,1H3/t15?,18-,19-/m0/s1. The molecule has 0 spiro atoms. The molecule has 2 aromatic rings. The Morgan fingerprint density at radius 2 is 1.77 bits per heavy atom. The van der Waals surface area contributed by atoms with Gasteiger partial charge in [0.15, 0.2) is 0 Å². The Kier molecular flexibility index (Phi) is 5.69. The van der Waals surface area contributed by atoms with Gasteiger partial charge in [-0.05, 0) is 0 Å². The number of ether oxygens (including phenoxy) is 2. The molecule has 1 unspecified atom stereocenters. The molecule has 3 rings (SSSR count). The fourth-order valence-corrected chi connectivity index (χ4v) is 5.14. The van der Waals surface area contributed by atoms with E-state index < -0.39 is 0 Å². The molecule has 1 fully saturated rings. The van der Waals surface area contributed by atoms with Gasteiger partial charge in [-0.25, -0.2) is 0 Å². The maximum absolute atomic E-state index is 6.15. The first-order valence-corrected chi connectivity index (χ1v) is 9.66. The summed E-state index contributed by atoms with van der Waals surface area (Å²) in [5.74, 6) is 0. The molecular formula is C19H22O2Se. The summed E-state index contributed by atoms with van der Waals surface area (Å²) in [6, 6.07) is 21.1. The van der Waals surface area contributed by atoms with Crippen molar-refractivity contribution in [1.82, 2.24) is 0 Å². The average molecular weight is 361 g/mol. The van der Waals surface area contributed by atoms with Crippen LogP contribution < -0.4 is 4.46 Å². The first kappa shape index (κ1) is 15.8. The van der Waals surface area contributed by atoms with Crippen molar-refractivity contribution in [1.29, 1.82) is 0 Å². The molecule has 2 aromatic carbocycles. The van der Waals surface area contributed by atoms with E-state index >= 15 is 0 Å². The topological polar surface area (TPSA) is 18.5 Å². The minimum absolute atomic E-state index is 0.223. The summed E-state index contributed by atoms with van der Waals surface area (Å²) in [7, 11) is 0. The molecule has 1 aliphatic rings. The fraction of sp³-hybridized carbons (Fsp3) is 0.368. The summed E-state index contributed by atoms with van der Waals surface area (Å²) in [4.78, 5) is 0.526. The van der Waals surface area contributed by atoms with E-state index in [1.54, 1.807) is 0 Å². The van der Waals surface area contributed by atoms with Gasteiger partial charge in [0.25, 0.3) is 0 Å². The first-order chi connectivity index (χ1) is 10.8. The van der Waals surface area contributed by atoms with E-state index in [0.29, 0.717) is 26.4 Å². The van der Waals surface area contributed by atoms with Crippen LogP contribution in [0.1, 0.15) is 18.9 Å². The molecule has 0 aliphatic carbocycles. The fourth-order valence-electron chi connectivity index (χ4n) is 2.77. The van der Waals surface area contributed by atoms with Gasteiger partial charge in [-0.3, -0.25) is 0 Å². The van der Waals surface area contributed by atoms with Gasteiger partial charge in [-0.15, -0.1) is 0 Å². The predicted molar refractivity (Wildman–Crippen MR) is 90.6 cm³/mol. The predicted octanol–water partition coefficient (Wildman–Crippen LogP) is 3.20. The average Bonchev–Trinajstić information content (AvgIpc) is 3.03. The Bertz CT molecular complexity index is 558. The van der Waals surface area contributed by atoms with Crippen molar-refractivity contribution in [3.8, 4) is 0 Å². The third-order valence-corrected chi connectivity index (χ3v) is 6.40. The normalized spacial score (nSPS) is 22.6. The van der Waals surface area contributed by atoms with Crippen molar-refractivity contribution in [3.63, 3.8) is 0 Å². The maximum atomic E-state index is 6.15. The zero-order valence-corrected chi connectivity index (χ0v) is 14.6. The van der Waals surface area contributed by atoms with E-state index in [0.717, 1.165) is 13.0 Å². The molecule has 116 valence electrons. The second-order valence-electron chi connectivity index (χ2n) is 5.60.